The van der Waals surface area contributed by atoms with Crippen LogP contribution in [-0.4, -0.2) is 237 Å². The number of hydrogen-bond donors (Lipinski definition) is 8. The van der Waals surface area contributed by atoms with Gasteiger partial charge in [-0.1, -0.05) is 107 Å². The van der Waals surface area contributed by atoms with Crippen molar-refractivity contribution in [2.24, 2.45) is 11.8 Å². The van der Waals surface area contributed by atoms with Crippen LogP contribution >= 0.6 is 0 Å². The molecule has 2 fully saturated rings. The summed E-state index contributed by atoms with van der Waals surface area (Å²) in [6, 6.07) is 9.90. The number of ketones is 4. The normalized spacial score (nSPS) is 23.9. The first-order valence-electron chi connectivity index (χ1n) is 45.5. The van der Waals surface area contributed by atoms with Crippen LogP contribution in [-0.2, 0) is 97.9 Å². The SMILES string of the molecule is C=C1C[C@H]2C(O)N3C(=O)OCc4ccc(cc4)CC(=O)[C@H](C)NC(=O)[C@H](C(C)C)NC(=C)CCCCC(=O)[C@H](NC(=O)CCCN4C(=O)C=CC4=O)[C@H](NC(=O)CCCN4C(=O)C=CC4=O)C(=O)CCCCC(=O)N[C@@H](C(C)C)C(=O)N[C@@H](C)C(=O)Cc4ccc(cc4)COC(=O)N4c5cc(c(OC)cc5C(=O)N5CC(=C)C[C@H]5C4O)OCCCCCOc4cc3c(cc4C)C(=O)N2C1. The lowest BCUT2D eigenvalue weighted by atomic mass is 9.92. The number of aryl methyl sites for hydroxylation is 1. The number of amides is 13. The summed E-state index contributed by atoms with van der Waals surface area (Å²) in [5.74, 6) is -9.06. The fourth-order valence-corrected chi connectivity index (χ4v) is 17.0. The van der Waals surface area contributed by atoms with E-state index >= 15 is 0 Å². The number of imide groups is 2. The molecule has 36 heteroatoms. The Bertz CT molecular complexity index is 5170. The number of Topliss-reactive ketones (excluding diaryl/α,β-unsaturated/α-hetero) is 4. The van der Waals surface area contributed by atoms with Gasteiger partial charge in [-0.25, -0.2) is 19.4 Å². The summed E-state index contributed by atoms with van der Waals surface area (Å²) in [5, 5.41) is 40.9. The smallest absolute Gasteiger partial charge is 0.416 e. The van der Waals surface area contributed by atoms with Gasteiger partial charge in [0.1, 0.15) is 43.1 Å². The van der Waals surface area contributed by atoms with Gasteiger partial charge in [0.25, 0.3) is 35.4 Å². The minimum atomic E-state index is -1.73. The molecule has 134 heavy (non-hydrogen) atoms. The van der Waals surface area contributed by atoms with Crippen molar-refractivity contribution in [1.29, 1.82) is 0 Å². The maximum absolute atomic E-state index is 14.8. The van der Waals surface area contributed by atoms with Crippen LogP contribution in [0.5, 0.6) is 17.2 Å². The number of rotatable bonds is 13. The van der Waals surface area contributed by atoms with Crippen molar-refractivity contribution in [3.8, 4) is 17.2 Å². The highest BCUT2D eigenvalue weighted by Gasteiger charge is 2.49. The summed E-state index contributed by atoms with van der Waals surface area (Å²) in [7, 11) is 1.39. The molecule has 0 spiro atoms. The number of carbonyl (C=O) groups excluding carboxylic acids is 17. The number of anilines is 2. The second-order valence-electron chi connectivity index (χ2n) is 35.6. The van der Waals surface area contributed by atoms with Gasteiger partial charge in [0.2, 0.25) is 29.5 Å². The van der Waals surface area contributed by atoms with Crippen LogP contribution in [0.2, 0.25) is 0 Å². The minimum absolute atomic E-state index is 0.0144. The zero-order valence-corrected chi connectivity index (χ0v) is 76.9. The lowest BCUT2D eigenvalue weighted by Crippen LogP contribution is -2.59. The molecule has 9 aliphatic heterocycles. The molecule has 0 saturated carbocycles. The summed E-state index contributed by atoms with van der Waals surface area (Å²) in [4.78, 5) is 241. The number of methoxy groups -OCH3 is 1. The van der Waals surface area contributed by atoms with Crippen molar-refractivity contribution in [1.82, 2.24) is 51.5 Å². The molecule has 13 rings (SSSR count). The maximum atomic E-state index is 14.8. The van der Waals surface area contributed by atoms with Crippen molar-refractivity contribution in [2.75, 3.05) is 56.3 Å². The van der Waals surface area contributed by atoms with E-state index in [9.17, 15) is 91.7 Å². The fraction of sp³-hybridized carbons (Fsp3) is 0.480. The highest BCUT2D eigenvalue weighted by Crippen LogP contribution is 2.44. The van der Waals surface area contributed by atoms with E-state index in [1.54, 1.807) is 96.1 Å². The van der Waals surface area contributed by atoms with Gasteiger partial charge in [0, 0.05) is 113 Å². The largest absolute Gasteiger partial charge is 0.493 e. The van der Waals surface area contributed by atoms with Crippen LogP contribution in [0.25, 0.3) is 0 Å². The fourth-order valence-electron chi connectivity index (χ4n) is 17.0. The van der Waals surface area contributed by atoms with Crippen LogP contribution in [0.3, 0.4) is 0 Å². The average molecular weight is 1850 g/mol. The molecule has 9 aliphatic rings. The molecule has 8 N–H and O–H groups in total. The van der Waals surface area contributed by atoms with E-state index in [0.29, 0.717) is 69.7 Å². The van der Waals surface area contributed by atoms with Crippen molar-refractivity contribution < 1.29 is 115 Å². The Morgan fingerprint density at radius 3 is 1.31 bits per heavy atom. The van der Waals surface area contributed by atoms with E-state index in [1.165, 1.54) is 42.0 Å². The van der Waals surface area contributed by atoms with Crippen LogP contribution < -0.4 is 55.9 Å². The Morgan fingerprint density at radius 1 is 0.485 bits per heavy atom. The zero-order chi connectivity index (χ0) is 97.1. The average Bonchev–Trinajstić information content (AvgIpc) is 1.60. The Kier molecular flexibility index (Phi) is 34.9. The van der Waals surface area contributed by atoms with E-state index in [2.05, 4.69) is 51.6 Å². The first kappa shape index (κ1) is 101. The Balaban J connectivity index is 0.807. The number of benzene rings is 4. The second-order valence-corrected chi connectivity index (χ2v) is 35.6. The Hall–Kier alpha value is -13.5. The van der Waals surface area contributed by atoms with Gasteiger partial charge in [0.15, 0.2) is 47.1 Å². The highest BCUT2D eigenvalue weighted by molar-refractivity contribution is 6.14. The van der Waals surface area contributed by atoms with Crippen LogP contribution in [0.15, 0.2) is 134 Å². The summed E-state index contributed by atoms with van der Waals surface area (Å²) in [6.07, 6.45) is -0.373. The predicted molar refractivity (Wildman–Crippen MR) is 488 cm³/mol. The number of aliphatic hydroxyl groups is 2. The zero-order valence-electron chi connectivity index (χ0n) is 76.9. The van der Waals surface area contributed by atoms with E-state index in [1.807, 2.05) is 0 Å². The molecular formula is C98H120N12O24. The molecule has 0 radical (unpaired) electrons. The molecule has 13 amide bonds. The predicted octanol–water partition coefficient (Wildman–Crippen LogP) is 7.28. The second kappa shape index (κ2) is 46.2. The van der Waals surface area contributed by atoms with Gasteiger partial charge < -0.3 is 75.6 Å². The lowest BCUT2D eigenvalue weighted by Gasteiger charge is -2.31. The van der Waals surface area contributed by atoms with Crippen LogP contribution in [0.4, 0.5) is 21.0 Å². The molecule has 4 aromatic carbocycles. The molecule has 9 heterocycles. The van der Waals surface area contributed by atoms with E-state index < -0.39 is 161 Å². The van der Waals surface area contributed by atoms with Gasteiger partial charge in [-0.05, 0) is 150 Å². The number of ether oxygens (including phenoxy) is 5. The number of hydrogen-bond acceptors (Lipinski definition) is 25. The molecule has 716 valence electrons. The van der Waals surface area contributed by atoms with Gasteiger partial charge in [0.05, 0.1) is 67.0 Å². The van der Waals surface area contributed by atoms with E-state index in [4.69, 9.17) is 23.7 Å². The van der Waals surface area contributed by atoms with Gasteiger partial charge in [-0.2, -0.15) is 0 Å². The molecule has 0 aliphatic carbocycles. The van der Waals surface area contributed by atoms with Crippen molar-refractivity contribution in [3.63, 3.8) is 0 Å². The number of allylic oxidation sites excluding steroid dienone is 1. The number of nitrogens with one attached hydrogen (secondary N) is 6. The van der Waals surface area contributed by atoms with E-state index in [-0.39, 0.29) is 201 Å². The van der Waals surface area contributed by atoms with Crippen LogP contribution in [0.1, 0.15) is 199 Å². The molecule has 8 bridgehead atoms. The van der Waals surface area contributed by atoms with Gasteiger partial charge in [-0.3, -0.25) is 81.7 Å². The van der Waals surface area contributed by atoms with Crippen LogP contribution in [0, 0.1) is 18.8 Å². The topological polar surface area (TPSA) is 468 Å². The lowest BCUT2D eigenvalue weighted by molar-refractivity contribution is -0.138. The van der Waals surface area contributed by atoms with Crippen molar-refractivity contribution in [3.05, 3.63) is 173 Å². The summed E-state index contributed by atoms with van der Waals surface area (Å²) in [5.41, 5.74) is 4.54. The molecule has 0 aromatic heterocycles. The Labute approximate surface area is 777 Å². The van der Waals surface area contributed by atoms with Gasteiger partial charge >= 0.3 is 12.2 Å². The number of nitrogens with zero attached hydrogens (tertiary/aromatic N) is 6. The maximum Gasteiger partial charge on any atom is 0.416 e. The third-order valence-corrected chi connectivity index (χ3v) is 24.6. The molecule has 2 saturated heterocycles. The van der Waals surface area contributed by atoms with Crippen molar-refractivity contribution in [2.45, 2.75) is 244 Å². The first-order chi connectivity index (χ1) is 63.9. The first-order valence-corrected chi connectivity index (χ1v) is 45.5. The third kappa shape index (κ3) is 25.7. The number of carbonyl (C=O) groups is 17. The third-order valence-electron chi connectivity index (χ3n) is 24.6. The molecule has 36 nitrogen and oxygen atoms in total. The summed E-state index contributed by atoms with van der Waals surface area (Å²) < 4.78 is 30.2. The van der Waals surface area contributed by atoms with Gasteiger partial charge in [-0.15, -0.1) is 0 Å². The minimum Gasteiger partial charge on any atom is -0.493 e. The van der Waals surface area contributed by atoms with Crippen molar-refractivity contribution >= 4 is 112 Å². The summed E-state index contributed by atoms with van der Waals surface area (Å²) >= 11 is 0. The molecular weight excluding hydrogens is 1730 g/mol. The molecule has 10 atom stereocenters. The molecule has 4 aromatic rings. The quantitative estimate of drug-likeness (QED) is 0.0481. The Morgan fingerprint density at radius 2 is 0.881 bits per heavy atom. The summed E-state index contributed by atoms with van der Waals surface area (Å²) in [6.45, 7) is 23.6. The highest BCUT2D eigenvalue weighted by atomic mass is 16.6. The number of fused-ring (bicyclic) bond motifs is 4. The monoisotopic (exact) mass is 1850 g/mol. The number of aliphatic hydroxyl groups excluding tert-OH is 2. The standard InChI is InChI=1S/C98H120N12O24/c1-55(2)87-91(122)100-61(9)75(113)46-63-27-31-65(32-28-63)53-133-97(128)109-69-49-77(59(7)45-67(69)93(124)107-51-57(5)43-71(107)95(109)126)131-41-17-12-18-42-132-79-50-70-68(48-78(79)130-11)94(125)108-52-58(6)44-72(108)96(127)110(70)98(129)134-54-66-33-29-64(30-34-66)47-76(114)62(10)101-92(123)88(56(3)4)102-80(115)24-16-15-23-74(112)90(104-82(117)26-20-40-106-85(120)37-38-86(106)121)89(73(111)22-14-13-21-60(8)99-87)103-81(116)25-19-39-105-83(118)35-36-84(105)119/h27-38,45,48-50,55-56,61-62,71-72,87-90,95-96,99,126-127H,5-6,8,12-26,39-44,46-47,51-54H2,1-4,7,9-11H3,(H,100,122)(H,101,123)(H,102,115)(H,103,116)(H,104,117)/t61-,62-,71-,72-,87-,88-,89-,90+,95?,96?/m0/s1. The molecule has 2 unspecified atom stereocenters. The van der Waals surface area contributed by atoms with E-state index in [0.717, 1.165) is 43.9 Å².